The molecule has 0 heterocycles. The monoisotopic (exact) mass is 523 g/mol. The molecule has 0 radical (unpaired) electrons. The number of benzene rings is 2. The van der Waals surface area contributed by atoms with Gasteiger partial charge in [0.05, 0.1) is 19.1 Å². The molecule has 0 saturated carbocycles. The molecule has 0 aromatic heterocycles. The molecule has 10 heteroatoms. The van der Waals surface area contributed by atoms with Gasteiger partial charge in [0.2, 0.25) is 21.8 Å². The van der Waals surface area contributed by atoms with E-state index in [1.165, 1.54) is 24.1 Å². The fourth-order valence-electron chi connectivity index (χ4n) is 3.56. The maximum absolute atomic E-state index is 13.5. The van der Waals surface area contributed by atoms with Crippen LogP contribution in [-0.4, -0.2) is 64.2 Å². The van der Waals surface area contributed by atoms with Crippen LogP contribution in [0.15, 0.2) is 48.5 Å². The van der Waals surface area contributed by atoms with Crippen LogP contribution >= 0.6 is 11.6 Å². The standard InChI is InChI=1S/C25H34ClN3O5S/c1-5-6-15-27-25(31)19(2)28(16-14-20-10-8-7-9-11-20)24(30)18-29(35(4,32)33)22-17-21(26)12-13-23(22)34-3/h7-13,17,19H,5-6,14-16,18H2,1-4H3,(H,27,31)/t19-/m1/s1. The fraction of sp³-hybridized carbons (Fsp3) is 0.440. The largest absolute Gasteiger partial charge is 0.495 e. The number of halogens is 1. The van der Waals surface area contributed by atoms with E-state index in [4.69, 9.17) is 16.3 Å². The smallest absolute Gasteiger partial charge is 0.244 e. The molecule has 0 aliphatic heterocycles. The number of hydrogen-bond acceptors (Lipinski definition) is 5. The van der Waals surface area contributed by atoms with Gasteiger partial charge in [-0.1, -0.05) is 55.3 Å². The summed E-state index contributed by atoms with van der Waals surface area (Å²) in [6, 6.07) is 13.3. The van der Waals surface area contributed by atoms with Gasteiger partial charge in [0.25, 0.3) is 0 Å². The molecular weight excluding hydrogens is 490 g/mol. The quantitative estimate of drug-likeness (QED) is 0.405. The zero-order valence-corrected chi connectivity index (χ0v) is 22.2. The van der Waals surface area contributed by atoms with Gasteiger partial charge < -0.3 is 15.0 Å². The van der Waals surface area contributed by atoms with E-state index in [1.807, 2.05) is 37.3 Å². The van der Waals surface area contributed by atoms with Crippen LogP contribution in [0.5, 0.6) is 5.75 Å². The summed E-state index contributed by atoms with van der Waals surface area (Å²) in [5.41, 5.74) is 1.15. The number of carbonyl (C=O) groups excluding carboxylic acids is 2. The average Bonchev–Trinajstić information content (AvgIpc) is 2.82. The number of nitrogens with one attached hydrogen (secondary N) is 1. The third kappa shape index (κ3) is 8.43. The molecule has 0 aliphatic rings. The van der Waals surface area contributed by atoms with Crippen molar-refractivity contribution in [3.05, 3.63) is 59.1 Å². The van der Waals surface area contributed by atoms with Crippen LogP contribution < -0.4 is 14.4 Å². The summed E-state index contributed by atoms with van der Waals surface area (Å²) in [5, 5.41) is 3.15. The number of methoxy groups -OCH3 is 1. The van der Waals surface area contributed by atoms with Crippen molar-refractivity contribution in [2.24, 2.45) is 0 Å². The SMILES string of the molecule is CCCCNC(=O)[C@@H](C)N(CCc1ccccc1)C(=O)CN(c1cc(Cl)ccc1OC)S(C)(=O)=O. The van der Waals surface area contributed by atoms with Crippen LogP contribution in [0.2, 0.25) is 5.02 Å². The lowest BCUT2D eigenvalue weighted by Crippen LogP contribution is -2.52. The minimum atomic E-state index is -3.88. The lowest BCUT2D eigenvalue weighted by Gasteiger charge is -2.32. The number of unbranched alkanes of at least 4 members (excludes halogenated alkanes) is 1. The van der Waals surface area contributed by atoms with Gasteiger partial charge in [0.1, 0.15) is 18.3 Å². The Balaban J connectivity index is 2.34. The molecule has 0 fully saturated rings. The van der Waals surface area contributed by atoms with Crippen LogP contribution in [0, 0.1) is 0 Å². The van der Waals surface area contributed by atoms with Gasteiger partial charge in [-0.15, -0.1) is 0 Å². The maximum atomic E-state index is 13.5. The van der Waals surface area contributed by atoms with Crippen LogP contribution in [0.1, 0.15) is 32.3 Å². The Bertz CT molecular complexity index is 1100. The van der Waals surface area contributed by atoms with Crippen molar-refractivity contribution in [1.29, 1.82) is 0 Å². The van der Waals surface area contributed by atoms with Crippen molar-refractivity contribution in [3.63, 3.8) is 0 Å². The van der Waals surface area contributed by atoms with E-state index in [0.717, 1.165) is 29.0 Å². The number of carbonyl (C=O) groups is 2. The van der Waals surface area contributed by atoms with Gasteiger partial charge >= 0.3 is 0 Å². The summed E-state index contributed by atoms with van der Waals surface area (Å²) in [5.74, 6) is -0.536. The molecule has 0 bridgehead atoms. The van der Waals surface area contributed by atoms with E-state index in [9.17, 15) is 18.0 Å². The average molecular weight is 524 g/mol. The van der Waals surface area contributed by atoms with Gasteiger partial charge in [0, 0.05) is 18.1 Å². The number of nitrogens with zero attached hydrogens (tertiary/aromatic N) is 2. The molecule has 0 saturated heterocycles. The first-order chi connectivity index (χ1) is 16.6. The van der Waals surface area contributed by atoms with E-state index < -0.39 is 28.5 Å². The van der Waals surface area contributed by atoms with Gasteiger partial charge in [-0.25, -0.2) is 8.42 Å². The number of anilines is 1. The summed E-state index contributed by atoms with van der Waals surface area (Å²) in [6.07, 6.45) is 3.28. The molecule has 0 aliphatic carbocycles. The minimum Gasteiger partial charge on any atom is -0.495 e. The summed E-state index contributed by atoms with van der Waals surface area (Å²) >= 11 is 6.11. The van der Waals surface area contributed by atoms with E-state index in [0.29, 0.717) is 18.0 Å². The normalized spacial score (nSPS) is 12.0. The van der Waals surface area contributed by atoms with Crippen molar-refractivity contribution in [2.75, 3.05) is 37.3 Å². The predicted octanol–water partition coefficient (Wildman–Crippen LogP) is 3.49. The topological polar surface area (TPSA) is 96.0 Å². The summed E-state index contributed by atoms with van der Waals surface area (Å²) in [4.78, 5) is 27.7. The third-order valence-electron chi connectivity index (χ3n) is 5.57. The molecule has 192 valence electrons. The molecule has 2 rings (SSSR count). The lowest BCUT2D eigenvalue weighted by molar-refractivity contribution is -0.138. The van der Waals surface area contributed by atoms with E-state index in [-0.39, 0.29) is 23.9 Å². The van der Waals surface area contributed by atoms with Crippen LogP contribution in [0.25, 0.3) is 0 Å². The Morgan fingerprint density at radius 2 is 1.83 bits per heavy atom. The number of ether oxygens (including phenoxy) is 1. The Labute approximate surface area is 213 Å². The molecule has 0 spiro atoms. The van der Waals surface area contributed by atoms with Gasteiger partial charge in [0.15, 0.2) is 0 Å². The third-order valence-corrected chi connectivity index (χ3v) is 6.93. The highest BCUT2D eigenvalue weighted by Gasteiger charge is 2.31. The highest BCUT2D eigenvalue weighted by atomic mass is 35.5. The Morgan fingerprint density at radius 3 is 2.43 bits per heavy atom. The first-order valence-electron chi connectivity index (χ1n) is 11.5. The molecule has 35 heavy (non-hydrogen) atoms. The molecule has 0 unspecified atom stereocenters. The minimum absolute atomic E-state index is 0.152. The van der Waals surface area contributed by atoms with Crippen LogP contribution in [0.3, 0.4) is 0 Å². The molecule has 1 N–H and O–H groups in total. The second-order valence-corrected chi connectivity index (χ2v) is 10.6. The Morgan fingerprint density at radius 1 is 1.14 bits per heavy atom. The van der Waals surface area contributed by atoms with Crippen molar-refractivity contribution in [1.82, 2.24) is 10.2 Å². The second kappa shape index (κ2) is 13.3. The predicted molar refractivity (Wildman–Crippen MR) is 139 cm³/mol. The number of hydrogen-bond donors (Lipinski definition) is 1. The van der Waals surface area contributed by atoms with Crippen molar-refractivity contribution in [2.45, 2.75) is 39.2 Å². The number of sulfonamides is 1. The van der Waals surface area contributed by atoms with Gasteiger partial charge in [-0.3, -0.25) is 13.9 Å². The molecular formula is C25H34ClN3O5S. The van der Waals surface area contributed by atoms with Crippen LogP contribution in [-0.2, 0) is 26.0 Å². The Hall–Kier alpha value is -2.78. The Kier molecular flexibility index (Phi) is 10.9. The summed E-state index contributed by atoms with van der Waals surface area (Å²) in [6.45, 7) is 3.92. The van der Waals surface area contributed by atoms with Crippen molar-refractivity contribution >= 4 is 39.1 Å². The van der Waals surface area contributed by atoms with Crippen molar-refractivity contribution < 1.29 is 22.7 Å². The van der Waals surface area contributed by atoms with Crippen molar-refractivity contribution in [3.8, 4) is 5.75 Å². The number of rotatable bonds is 13. The van der Waals surface area contributed by atoms with E-state index in [1.54, 1.807) is 13.0 Å². The highest BCUT2D eigenvalue weighted by Crippen LogP contribution is 2.32. The highest BCUT2D eigenvalue weighted by molar-refractivity contribution is 7.92. The van der Waals surface area contributed by atoms with E-state index in [2.05, 4.69) is 5.32 Å². The first-order valence-corrected chi connectivity index (χ1v) is 13.7. The molecule has 2 aromatic carbocycles. The zero-order chi connectivity index (χ0) is 26.0. The second-order valence-electron chi connectivity index (χ2n) is 8.23. The molecule has 8 nitrogen and oxygen atoms in total. The zero-order valence-electron chi connectivity index (χ0n) is 20.7. The summed E-state index contributed by atoms with van der Waals surface area (Å²) in [7, 11) is -2.47. The maximum Gasteiger partial charge on any atom is 0.244 e. The number of amides is 2. The molecule has 2 aromatic rings. The molecule has 2 amide bonds. The lowest BCUT2D eigenvalue weighted by atomic mass is 10.1. The fourth-order valence-corrected chi connectivity index (χ4v) is 4.57. The van der Waals surface area contributed by atoms with Gasteiger partial charge in [-0.2, -0.15) is 0 Å². The summed E-state index contributed by atoms with van der Waals surface area (Å²) < 4.78 is 31.7. The van der Waals surface area contributed by atoms with E-state index >= 15 is 0 Å². The molecule has 1 atom stereocenters. The van der Waals surface area contributed by atoms with Gasteiger partial charge in [-0.05, 0) is 43.5 Å². The first kappa shape index (κ1) is 28.5. The van der Waals surface area contributed by atoms with Crippen LogP contribution in [0.4, 0.5) is 5.69 Å².